The molecule has 0 atom stereocenters. The number of ether oxygens (including phenoxy) is 1. The van der Waals surface area contributed by atoms with Crippen molar-refractivity contribution in [3.05, 3.63) is 54.6 Å². The van der Waals surface area contributed by atoms with Gasteiger partial charge >= 0.3 is 0 Å². The first-order valence-corrected chi connectivity index (χ1v) is 11.3. The minimum Gasteiger partial charge on any atom is -0.496 e. The molecule has 1 saturated heterocycles. The minimum absolute atomic E-state index is 0.0101. The van der Waals surface area contributed by atoms with Crippen LogP contribution in [0.4, 0.5) is 5.88 Å². The summed E-state index contributed by atoms with van der Waals surface area (Å²) in [5.41, 5.74) is 0.558. The van der Waals surface area contributed by atoms with Gasteiger partial charge < -0.3 is 19.0 Å². The summed E-state index contributed by atoms with van der Waals surface area (Å²) < 4.78 is 38.3. The maximum atomic E-state index is 13.4. The van der Waals surface area contributed by atoms with Crippen LogP contribution in [-0.4, -0.2) is 57.5 Å². The Balaban J connectivity index is 1.81. The second-order valence-electron chi connectivity index (χ2n) is 7.14. The van der Waals surface area contributed by atoms with Crippen molar-refractivity contribution in [1.82, 2.24) is 9.88 Å². The third kappa shape index (κ3) is 4.00. The van der Waals surface area contributed by atoms with Crippen molar-refractivity contribution >= 4 is 21.6 Å². The van der Waals surface area contributed by atoms with Crippen molar-refractivity contribution in [2.75, 3.05) is 38.2 Å². The van der Waals surface area contributed by atoms with Crippen LogP contribution < -0.4 is 9.64 Å². The Hall–Kier alpha value is -3.33. The molecule has 9 heteroatoms. The fraction of sp³-hybridized carbons (Fsp3) is 0.273. The second-order valence-corrected chi connectivity index (χ2v) is 9.00. The van der Waals surface area contributed by atoms with Crippen molar-refractivity contribution < 1.29 is 22.4 Å². The Labute approximate surface area is 181 Å². The Bertz CT molecular complexity index is 1180. The number of carbonyl (C=O) groups is 1. The van der Waals surface area contributed by atoms with E-state index in [4.69, 9.17) is 9.15 Å². The van der Waals surface area contributed by atoms with Crippen LogP contribution in [0.2, 0.25) is 0 Å². The molecule has 0 aliphatic carbocycles. The first-order chi connectivity index (χ1) is 14.9. The number of methoxy groups -OCH3 is 1. The Morgan fingerprint density at radius 3 is 2.29 bits per heavy atom. The van der Waals surface area contributed by atoms with Gasteiger partial charge in [-0.25, -0.2) is 8.42 Å². The molecule has 0 N–H and O–H groups in total. The molecular weight excluding hydrogens is 418 g/mol. The molecule has 4 rings (SSSR count). The average Bonchev–Trinajstić information content (AvgIpc) is 3.26. The summed E-state index contributed by atoms with van der Waals surface area (Å²) in [5, 5.41) is -0.143. The molecular formula is C22H23N3O5S. The van der Waals surface area contributed by atoms with E-state index in [9.17, 15) is 13.2 Å². The van der Waals surface area contributed by atoms with Crippen molar-refractivity contribution in [2.24, 2.45) is 0 Å². The average molecular weight is 442 g/mol. The standard InChI is InChI=1S/C22H23N3O5S/c1-16(26)24-12-14-25(15-13-24)22-21(31(27,28)17-8-4-3-5-9-17)23-20(30-22)18-10-6-7-11-19(18)29-2/h3-11H,12-15H2,1-2H3. The lowest BCUT2D eigenvalue weighted by Crippen LogP contribution is -2.48. The maximum Gasteiger partial charge on any atom is 0.236 e. The van der Waals surface area contributed by atoms with Gasteiger partial charge in [0.15, 0.2) is 0 Å². The van der Waals surface area contributed by atoms with Gasteiger partial charge in [-0.2, -0.15) is 4.98 Å². The van der Waals surface area contributed by atoms with Crippen LogP contribution >= 0.6 is 0 Å². The number of oxazole rings is 1. The molecule has 0 saturated carbocycles. The van der Waals surface area contributed by atoms with Crippen LogP contribution in [0.1, 0.15) is 6.92 Å². The van der Waals surface area contributed by atoms with Gasteiger partial charge in [-0.3, -0.25) is 4.79 Å². The van der Waals surface area contributed by atoms with Gasteiger partial charge in [0.1, 0.15) is 5.75 Å². The number of carbonyl (C=O) groups excluding carboxylic acids is 1. The molecule has 1 aromatic heterocycles. The molecule has 2 aromatic carbocycles. The number of para-hydroxylation sites is 1. The lowest BCUT2D eigenvalue weighted by atomic mass is 10.2. The van der Waals surface area contributed by atoms with Gasteiger partial charge in [0.05, 0.1) is 17.6 Å². The molecule has 162 valence electrons. The number of nitrogens with zero attached hydrogens (tertiary/aromatic N) is 3. The number of aromatic nitrogens is 1. The van der Waals surface area contributed by atoms with E-state index >= 15 is 0 Å². The normalized spacial score (nSPS) is 14.5. The van der Waals surface area contributed by atoms with Gasteiger partial charge in [0.25, 0.3) is 0 Å². The molecule has 8 nitrogen and oxygen atoms in total. The molecule has 0 bridgehead atoms. The molecule has 0 radical (unpaired) electrons. The lowest BCUT2D eigenvalue weighted by molar-refractivity contribution is -0.129. The second kappa shape index (κ2) is 8.43. The van der Waals surface area contributed by atoms with E-state index in [0.717, 1.165) is 0 Å². The largest absolute Gasteiger partial charge is 0.496 e. The highest BCUT2D eigenvalue weighted by Crippen LogP contribution is 2.37. The fourth-order valence-corrected chi connectivity index (χ4v) is 4.89. The smallest absolute Gasteiger partial charge is 0.236 e. The molecule has 0 unspecified atom stereocenters. The van der Waals surface area contributed by atoms with E-state index in [-0.39, 0.29) is 27.6 Å². The molecule has 1 aliphatic heterocycles. The topological polar surface area (TPSA) is 93.0 Å². The summed E-state index contributed by atoms with van der Waals surface area (Å²) in [5.74, 6) is 0.855. The predicted molar refractivity (Wildman–Crippen MR) is 115 cm³/mol. The molecule has 2 heterocycles. The highest BCUT2D eigenvalue weighted by Gasteiger charge is 2.33. The zero-order chi connectivity index (χ0) is 22.0. The number of amides is 1. The summed E-state index contributed by atoms with van der Waals surface area (Å²) in [6.07, 6.45) is 0. The van der Waals surface area contributed by atoms with Gasteiger partial charge in [-0.15, -0.1) is 0 Å². The molecule has 3 aromatic rings. The van der Waals surface area contributed by atoms with Gasteiger partial charge in [-0.05, 0) is 24.3 Å². The van der Waals surface area contributed by atoms with Crippen molar-refractivity contribution in [2.45, 2.75) is 16.8 Å². The SMILES string of the molecule is COc1ccccc1-c1nc(S(=O)(=O)c2ccccc2)c(N2CCN(C(C)=O)CC2)o1. The summed E-state index contributed by atoms with van der Waals surface area (Å²) in [6.45, 7) is 3.36. The van der Waals surface area contributed by atoms with Crippen molar-refractivity contribution in [1.29, 1.82) is 0 Å². The number of anilines is 1. The predicted octanol–water partition coefficient (Wildman–Crippen LogP) is 2.85. The van der Waals surface area contributed by atoms with E-state index in [0.29, 0.717) is 37.5 Å². The summed E-state index contributed by atoms with van der Waals surface area (Å²) in [6, 6.07) is 15.3. The number of benzene rings is 2. The Morgan fingerprint density at radius 1 is 1.00 bits per heavy atom. The summed E-state index contributed by atoms with van der Waals surface area (Å²) >= 11 is 0. The van der Waals surface area contributed by atoms with Crippen molar-refractivity contribution in [3.8, 4) is 17.2 Å². The summed E-state index contributed by atoms with van der Waals surface area (Å²) in [4.78, 5) is 19.8. The zero-order valence-electron chi connectivity index (χ0n) is 17.3. The van der Waals surface area contributed by atoms with E-state index in [1.807, 2.05) is 11.0 Å². The molecule has 0 spiro atoms. The highest BCUT2D eigenvalue weighted by molar-refractivity contribution is 7.91. The number of piperazine rings is 1. The number of hydrogen-bond acceptors (Lipinski definition) is 7. The van der Waals surface area contributed by atoms with Gasteiger partial charge in [0.2, 0.25) is 32.5 Å². The third-order valence-corrected chi connectivity index (χ3v) is 6.90. The summed E-state index contributed by atoms with van der Waals surface area (Å²) in [7, 11) is -2.39. The molecule has 31 heavy (non-hydrogen) atoms. The molecule has 1 amide bonds. The lowest BCUT2D eigenvalue weighted by Gasteiger charge is -2.34. The van der Waals surface area contributed by atoms with Crippen LogP contribution in [0.3, 0.4) is 0 Å². The first kappa shape index (κ1) is 20.9. The Kier molecular flexibility index (Phi) is 5.69. The quantitative estimate of drug-likeness (QED) is 0.601. The van der Waals surface area contributed by atoms with E-state index in [1.54, 1.807) is 41.3 Å². The van der Waals surface area contributed by atoms with Gasteiger partial charge in [0, 0.05) is 33.1 Å². The minimum atomic E-state index is -3.92. The molecule has 1 fully saturated rings. The number of hydrogen-bond donors (Lipinski definition) is 0. The fourth-order valence-electron chi connectivity index (χ4n) is 3.55. The van der Waals surface area contributed by atoms with E-state index in [2.05, 4.69) is 4.98 Å². The third-order valence-electron chi connectivity index (χ3n) is 5.24. The van der Waals surface area contributed by atoms with Crippen molar-refractivity contribution in [3.63, 3.8) is 0 Å². The monoisotopic (exact) mass is 441 g/mol. The van der Waals surface area contributed by atoms with Crippen LogP contribution in [0.25, 0.3) is 11.5 Å². The van der Waals surface area contributed by atoms with Crippen LogP contribution in [0.5, 0.6) is 5.75 Å². The maximum absolute atomic E-state index is 13.4. The van der Waals surface area contributed by atoms with E-state index in [1.165, 1.54) is 26.2 Å². The van der Waals surface area contributed by atoms with E-state index < -0.39 is 9.84 Å². The number of sulfone groups is 1. The van der Waals surface area contributed by atoms with Crippen LogP contribution in [-0.2, 0) is 14.6 Å². The molecule has 1 aliphatic rings. The highest BCUT2D eigenvalue weighted by atomic mass is 32.2. The first-order valence-electron chi connectivity index (χ1n) is 9.86. The van der Waals surface area contributed by atoms with Gasteiger partial charge in [-0.1, -0.05) is 30.3 Å². The number of rotatable bonds is 5. The van der Waals surface area contributed by atoms with Crippen LogP contribution in [0, 0.1) is 0 Å². The Morgan fingerprint density at radius 2 is 1.65 bits per heavy atom. The zero-order valence-corrected chi connectivity index (χ0v) is 18.1. The van der Waals surface area contributed by atoms with Crippen LogP contribution in [0.15, 0.2) is 68.9 Å².